The number of hydrogen-bond acceptors (Lipinski definition) is 2. The molecule has 0 fully saturated rings. The lowest BCUT2D eigenvalue weighted by Gasteiger charge is -2.39. The van der Waals surface area contributed by atoms with E-state index in [0.29, 0.717) is 5.92 Å². The second kappa shape index (κ2) is 4.84. The zero-order valence-electron chi connectivity index (χ0n) is 10.5. The topological polar surface area (TPSA) is 18.5 Å². The van der Waals surface area contributed by atoms with Gasteiger partial charge >= 0.3 is 0 Å². The molecule has 15 heavy (non-hydrogen) atoms. The highest BCUT2D eigenvalue weighted by Crippen LogP contribution is 2.39. The molecular formula is C13H22O2. The normalized spacial score (nSPS) is 30.9. The Hall–Kier alpha value is -0.760. The Morgan fingerprint density at radius 3 is 2.40 bits per heavy atom. The van der Waals surface area contributed by atoms with Gasteiger partial charge in [-0.3, -0.25) is 0 Å². The fourth-order valence-electron chi connectivity index (χ4n) is 2.57. The Kier molecular flexibility index (Phi) is 3.97. The largest absolute Gasteiger partial charge is 0.497 e. The van der Waals surface area contributed by atoms with Crippen molar-refractivity contribution in [2.45, 2.75) is 39.2 Å². The quantitative estimate of drug-likeness (QED) is 0.709. The smallest absolute Gasteiger partial charge is 0.117 e. The predicted octanol–water partition coefficient (Wildman–Crippen LogP) is 3.30. The van der Waals surface area contributed by atoms with Crippen LogP contribution in [0, 0.1) is 5.92 Å². The highest BCUT2D eigenvalue weighted by molar-refractivity contribution is 5.32. The molecule has 2 nitrogen and oxygen atoms in total. The van der Waals surface area contributed by atoms with E-state index in [9.17, 15) is 0 Å². The first-order valence-electron chi connectivity index (χ1n) is 5.63. The van der Waals surface area contributed by atoms with Crippen molar-refractivity contribution < 1.29 is 9.47 Å². The van der Waals surface area contributed by atoms with Gasteiger partial charge in [-0.25, -0.2) is 0 Å². The molecule has 0 saturated carbocycles. The first kappa shape index (κ1) is 12.3. The number of hydrogen-bond donors (Lipinski definition) is 0. The summed E-state index contributed by atoms with van der Waals surface area (Å²) in [7, 11) is 3.49. The van der Waals surface area contributed by atoms with Crippen LogP contribution in [0.25, 0.3) is 0 Å². The molecule has 1 aliphatic carbocycles. The van der Waals surface area contributed by atoms with E-state index >= 15 is 0 Å². The van der Waals surface area contributed by atoms with Crippen LogP contribution in [0.3, 0.4) is 0 Å². The summed E-state index contributed by atoms with van der Waals surface area (Å²) in [4.78, 5) is 0. The van der Waals surface area contributed by atoms with E-state index in [2.05, 4.69) is 32.9 Å². The van der Waals surface area contributed by atoms with Gasteiger partial charge < -0.3 is 9.47 Å². The summed E-state index contributed by atoms with van der Waals surface area (Å²) in [6, 6.07) is 0. The van der Waals surface area contributed by atoms with Gasteiger partial charge in [0.1, 0.15) is 5.76 Å². The Morgan fingerprint density at radius 1 is 1.33 bits per heavy atom. The maximum Gasteiger partial charge on any atom is 0.117 e. The van der Waals surface area contributed by atoms with Crippen LogP contribution >= 0.6 is 0 Å². The van der Waals surface area contributed by atoms with Crippen molar-refractivity contribution in [3.05, 3.63) is 23.5 Å². The van der Waals surface area contributed by atoms with Gasteiger partial charge in [0.25, 0.3) is 0 Å². The van der Waals surface area contributed by atoms with Crippen LogP contribution in [-0.4, -0.2) is 19.8 Å². The molecule has 0 heterocycles. The monoisotopic (exact) mass is 210 g/mol. The van der Waals surface area contributed by atoms with Crippen LogP contribution in [0.15, 0.2) is 23.5 Å². The van der Waals surface area contributed by atoms with E-state index in [4.69, 9.17) is 9.47 Å². The molecule has 0 aliphatic heterocycles. The molecule has 0 saturated heterocycles. The molecular weight excluding hydrogens is 188 g/mol. The van der Waals surface area contributed by atoms with Crippen molar-refractivity contribution in [3.63, 3.8) is 0 Å². The highest BCUT2D eigenvalue weighted by atomic mass is 16.5. The molecule has 0 amide bonds. The minimum Gasteiger partial charge on any atom is -0.497 e. The fraction of sp³-hybridized carbons (Fsp3) is 0.692. The SMILES string of the molecule is CCC1C(C)=CC(OC)=CC1(CC)OC. The molecule has 1 rings (SSSR count). The average molecular weight is 210 g/mol. The lowest BCUT2D eigenvalue weighted by molar-refractivity contribution is -0.0152. The standard InChI is InChI=1S/C13H22O2/c1-6-12-10(3)8-11(14-4)9-13(12,7-2)15-5/h8-9,12H,6-7H2,1-5H3. The molecule has 0 N–H and O–H groups in total. The summed E-state index contributed by atoms with van der Waals surface area (Å²) >= 11 is 0. The molecule has 2 atom stereocenters. The molecule has 1 aliphatic rings. The van der Waals surface area contributed by atoms with Crippen LogP contribution in [-0.2, 0) is 9.47 Å². The van der Waals surface area contributed by atoms with Crippen LogP contribution in [0.1, 0.15) is 33.6 Å². The van der Waals surface area contributed by atoms with E-state index in [1.807, 2.05) is 0 Å². The zero-order valence-corrected chi connectivity index (χ0v) is 10.5. The van der Waals surface area contributed by atoms with E-state index in [0.717, 1.165) is 18.6 Å². The van der Waals surface area contributed by atoms with Gasteiger partial charge in [0.2, 0.25) is 0 Å². The maximum absolute atomic E-state index is 5.74. The van der Waals surface area contributed by atoms with Crippen molar-refractivity contribution in [2.75, 3.05) is 14.2 Å². The Morgan fingerprint density at radius 2 is 2.00 bits per heavy atom. The number of allylic oxidation sites excluding steroid dienone is 1. The minimum absolute atomic E-state index is 0.182. The van der Waals surface area contributed by atoms with Crippen molar-refractivity contribution in [1.82, 2.24) is 0 Å². The molecule has 0 radical (unpaired) electrons. The molecule has 0 spiro atoms. The van der Waals surface area contributed by atoms with Crippen LogP contribution in [0.4, 0.5) is 0 Å². The van der Waals surface area contributed by atoms with Gasteiger partial charge in [-0.2, -0.15) is 0 Å². The maximum atomic E-state index is 5.74. The molecule has 2 unspecified atom stereocenters. The zero-order chi connectivity index (χ0) is 11.5. The van der Waals surface area contributed by atoms with Gasteiger partial charge in [-0.15, -0.1) is 0 Å². The van der Waals surface area contributed by atoms with Crippen molar-refractivity contribution in [1.29, 1.82) is 0 Å². The Labute approximate surface area is 93.0 Å². The summed E-state index contributed by atoms with van der Waals surface area (Å²) in [5.41, 5.74) is 1.17. The molecule has 0 aromatic heterocycles. The van der Waals surface area contributed by atoms with Crippen LogP contribution in [0.2, 0.25) is 0 Å². The summed E-state index contributed by atoms with van der Waals surface area (Å²) in [6.45, 7) is 6.52. The van der Waals surface area contributed by atoms with Gasteiger partial charge in [-0.05, 0) is 31.9 Å². The highest BCUT2D eigenvalue weighted by Gasteiger charge is 2.38. The van der Waals surface area contributed by atoms with Gasteiger partial charge in [-0.1, -0.05) is 19.4 Å². The van der Waals surface area contributed by atoms with Crippen molar-refractivity contribution in [2.24, 2.45) is 5.92 Å². The summed E-state index contributed by atoms with van der Waals surface area (Å²) in [6.07, 6.45) is 6.30. The minimum atomic E-state index is -0.182. The van der Waals surface area contributed by atoms with E-state index in [-0.39, 0.29) is 5.60 Å². The third kappa shape index (κ3) is 2.10. The van der Waals surface area contributed by atoms with Crippen LogP contribution < -0.4 is 0 Å². The molecule has 86 valence electrons. The van der Waals surface area contributed by atoms with Gasteiger partial charge in [0, 0.05) is 13.0 Å². The average Bonchev–Trinajstić information content (AvgIpc) is 2.27. The summed E-state index contributed by atoms with van der Waals surface area (Å²) < 4.78 is 11.1. The van der Waals surface area contributed by atoms with E-state index < -0.39 is 0 Å². The second-order valence-electron chi connectivity index (χ2n) is 4.11. The lowest BCUT2D eigenvalue weighted by atomic mass is 9.75. The molecule has 2 heteroatoms. The van der Waals surface area contributed by atoms with Gasteiger partial charge in [0.05, 0.1) is 12.7 Å². The Balaban J connectivity index is 3.11. The molecule has 0 bridgehead atoms. The van der Waals surface area contributed by atoms with E-state index in [1.54, 1.807) is 14.2 Å². The van der Waals surface area contributed by atoms with E-state index in [1.165, 1.54) is 5.57 Å². The predicted molar refractivity (Wildman–Crippen MR) is 62.7 cm³/mol. The van der Waals surface area contributed by atoms with Crippen LogP contribution in [0.5, 0.6) is 0 Å². The summed E-state index contributed by atoms with van der Waals surface area (Å²) in [5.74, 6) is 1.38. The first-order chi connectivity index (χ1) is 7.13. The first-order valence-corrected chi connectivity index (χ1v) is 5.63. The molecule has 0 aromatic rings. The number of rotatable bonds is 4. The van der Waals surface area contributed by atoms with Crippen molar-refractivity contribution >= 4 is 0 Å². The van der Waals surface area contributed by atoms with Crippen molar-refractivity contribution in [3.8, 4) is 0 Å². The van der Waals surface area contributed by atoms with Gasteiger partial charge in [0.15, 0.2) is 0 Å². The summed E-state index contributed by atoms with van der Waals surface area (Å²) in [5, 5.41) is 0. The number of ether oxygens (including phenoxy) is 2. The Bertz CT molecular complexity index is 272. The molecule has 0 aromatic carbocycles. The third-order valence-corrected chi connectivity index (χ3v) is 3.47. The lowest BCUT2D eigenvalue weighted by Crippen LogP contribution is -2.40. The second-order valence-corrected chi connectivity index (χ2v) is 4.11. The third-order valence-electron chi connectivity index (χ3n) is 3.47. The number of methoxy groups -OCH3 is 2. The fourth-order valence-corrected chi connectivity index (χ4v) is 2.57.